The monoisotopic (exact) mass is 264 g/mol. The number of nitrogens with zero attached hydrogens (tertiary/aromatic N) is 2. The van der Waals surface area contributed by atoms with Crippen LogP contribution in [0.1, 0.15) is 11.1 Å². The summed E-state index contributed by atoms with van der Waals surface area (Å²) < 4.78 is 1.74. The van der Waals surface area contributed by atoms with Gasteiger partial charge in [-0.2, -0.15) is 0 Å². The summed E-state index contributed by atoms with van der Waals surface area (Å²) in [5.74, 6) is 0. The summed E-state index contributed by atoms with van der Waals surface area (Å²) in [7, 11) is 1.83. The predicted octanol–water partition coefficient (Wildman–Crippen LogP) is 3.22. The molecule has 0 radical (unpaired) electrons. The lowest BCUT2D eigenvalue weighted by Gasteiger charge is -2.15. The highest BCUT2D eigenvalue weighted by molar-refractivity contribution is 5.97. The molecule has 3 aromatic rings. The first-order chi connectivity index (χ1) is 9.61. The lowest BCUT2D eigenvalue weighted by Crippen LogP contribution is -2.21. The van der Waals surface area contributed by atoms with E-state index in [0.717, 1.165) is 33.2 Å². The molecule has 3 rings (SSSR count). The van der Waals surface area contributed by atoms with Gasteiger partial charge in [-0.1, -0.05) is 24.3 Å². The second-order valence-electron chi connectivity index (χ2n) is 5.08. The van der Waals surface area contributed by atoms with Crippen LogP contribution < -0.4 is 5.56 Å². The van der Waals surface area contributed by atoms with Crippen LogP contribution in [-0.4, -0.2) is 9.55 Å². The summed E-state index contributed by atoms with van der Waals surface area (Å²) in [6.07, 6.45) is 3.55. The van der Waals surface area contributed by atoms with E-state index in [2.05, 4.69) is 11.1 Å². The molecule has 0 aliphatic carbocycles. The van der Waals surface area contributed by atoms with E-state index in [1.165, 1.54) is 0 Å². The Morgan fingerprint density at radius 3 is 2.60 bits per heavy atom. The van der Waals surface area contributed by atoms with Gasteiger partial charge in [-0.3, -0.25) is 9.78 Å². The fraction of sp³-hybridized carbons (Fsp3) is 0.176. The van der Waals surface area contributed by atoms with Crippen molar-refractivity contribution >= 4 is 10.9 Å². The van der Waals surface area contributed by atoms with Crippen molar-refractivity contribution in [3.8, 4) is 11.1 Å². The minimum atomic E-state index is 0.0469. The fourth-order valence-corrected chi connectivity index (χ4v) is 2.85. The molecule has 3 heteroatoms. The molecule has 0 aliphatic heterocycles. The maximum absolute atomic E-state index is 12.5. The number of hydrogen-bond acceptors (Lipinski definition) is 2. The van der Waals surface area contributed by atoms with E-state index in [4.69, 9.17) is 0 Å². The van der Waals surface area contributed by atoms with Gasteiger partial charge in [0.15, 0.2) is 0 Å². The van der Waals surface area contributed by atoms with Gasteiger partial charge in [-0.25, -0.2) is 0 Å². The van der Waals surface area contributed by atoms with E-state index >= 15 is 0 Å². The molecular formula is C17H16N2O. The van der Waals surface area contributed by atoms with Crippen LogP contribution in [0.2, 0.25) is 0 Å². The number of aromatic nitrogens is 2. The fourth-order valence-electron chi connectivity index (χ4n) is 2.85. The Bertz CT molecular complexity index is 848. The van der Waals surface area contributed by atoms with Crippen LogP contribution in [0.5, 0.6) is 0 Å². The molecule has 1 aromatic carbocycles. The minimum absolute atomic E-state index is 0.0469. The number of rotatable bonds is 1. The highest BCUT2D eigenvalue weighted by Gasteiger charge is 2.14. The van der Waals surface area contributed by atoms with E-state index in [1.54, 1.807) is 10.8 Å². The van der Waals surface area contributed by atoms with Crippen molar-refractivity contribution in [2.24, 2.45) is 7.05 Å². The van der Waals surface area contributed by atoms with Crippen molar-refractivity contribution in [2.45, 2.75) is 13.8 Å². The normalized spacial score (nSPS) is 10.9. The van der Waals surface area contributed by atoms with E-state index in [9.17, 15) is 4.79 Å². The number of benzene rings is 1. The van der Waals surface area contributed by atoms with E-state index in [-0.39, 0.29) is 5.56 Å². The van der Waals surface area contributed by atoms with Gasteiger partial charge < -0.3 is 4.57 Å². The number of aryl methyl sites for hydroxylation is 2. The third-order valence-electron chi connectivity index (χ3n) is 3.79. The summed E-state index contributed by atoms with van der Waals surface area (Å²) in [4.78, 5) is 16.6. The summed E-state index contributed by atoms with van der Waals surface area (Å²) in [6.45, 7) is 3.91. The van der Waals surface area contributed by atoms with Crippen LogP contribution in [0.15, 0.2) is 47.5 Å². The molecule has 2 heterocycles. The van der Waals surface area contributed by atoms with Gasteiger partial charge in [0.25, 0.3) is 5.56 Å². The zero-order valence-electron chi connectivity index (χ0n) is 11.8. The Balaban J connectivity index is 2.56. The van der Waals surface area contributed by atoms with E-state index in [0.29, 0.717) is 0 Å². The SMILES string of the molecule is Cc1c(-c2cccnc2)c2cccc(C)c2n(C)c1=O. The first-order valence-electron chi connectivity index (χ1n) is 6.60. The number of hydrogen-bond donors (Lipinski definition) is 0. The Kier molecular flexibility index (Phi) is 2.90. The molecule has 0 unspecified atom stereocenters. The molecule has 3 nitrogen and oxygen atoms in total. The Morgan fingerprint density at radius 1 is 1.10 bits per heavy atom. The van der Waals surface area contributed by atoms with Gasteiger partial charge in [-0.05, 0) is 25.5 Å². The average Bonchev–Trinajstić information content (AvgIpc) is 2.46. The molecule has 0 saturated carbocycles. The summed E-state index contributed by atoms with van der Waals surface area (Å²) in [5.41, 5.74) is 4.87. The van der Waals surface area contributed by atoms with Crippen LogP contribution in [0, 0.1) is 13.8 Å². The van der Waals surface area contributed by atoms with Crippen LogP contribution in [-0.2, 0) is 7.05 Å². The zero-order valence-corrected chi connectivity index (χ0v) is 11.8. The average molecular weight is 264 g/mol. The van der Waals surface area contributed by atoms with Crippen LogP contribution in [0.4, 0.5) is 0 Å². The smallest absolute Gasteiger partial charge is 0.254 e. The molecule has 0 fully saturated rings. The molecule has 0 aliphatic rings. The zero-order chi connectivity index (χ0) is 14.3. The third kappa shape index (κ3) is 1.74. The maximum Gasteiger partial charge on any atom is 0.254 e. The van der Waals surface area contributed by atoms with Gasteiger partial charge in [0, 0.05) is 41.5 Å². The molecule has 0 saturated heterocycles. The van der Waals surface area contributed by atoms with Crippen LogP contribution in [0.25, 0.3) is 22.0 Å². The molecule has 0 amide bonds. The molecule has 0 N–H and O–H groups in total. The van der Waals surface area contributed by atoms with Gasteiger partial charge in [-0.15, -0.1) is 0 Å². The van der Waals surface area contributed by atoms with Crippen molar-refractivity contribution in [1.82, 2.24) is 9.55 Å². The van der Waals surface area contributed by atoms with Gasteiger partial charge >= 0.3 is 0 Å². The number of para-hydroxylation sites is 1. The van der Waals surface area contributed by atoms with Gasteiger partial charge in [0.2, 0.25) is 0 Å². The molecule has 0 spiro atoms. The quantitative estimate of drug-likeness (QED) is 0.676. The van der Waals surface area contributed by atoms with Gasteiger partial charge in [0.1, 0.15) is 0 Å². The summed E-state index contributed by atoms with van der Waals surface area (Å²) in [5, 5.41) is 1.10. The van der Waals surface area contributed by atoms with Crippen molar-refractivity contribution in [2.75, 3.05) is 0 Å². The molecular weight excluding hydrogens is 248 g/mol. The maximum atomic E-state index is 12.5. The Hall–Kier alpha value is -2.42. The largest absolute Gasteiger partial charge is 0.311 e. The second-order valence-corrected chi connectivity index (χ2v) is 5.08. The first-order valence-corrected chi connectivity index (χ1v) is 6.60. The van der Waals surface area contributed by atoms with Crippen molar-refractivity contribution < 1.29 is 0 Å². The topological polar surface area (TPSA) is 34.9 Å². The Morgan fingerprint density at radius 2 is 1.90 bits per heavy atom. The van der Waals surface area contributed by atoms with Crippen molar-refractivity contribution in [3.05, 3.63) is 64.2 Å². The van der Waals surface area contributed by atoms with E-state index in [1.807, 2.05) is 51.4 Å². The number of pyridine rings is 2. The first kappa shape index (κ1) is 12.6. The standard InChI is InChI=1S/C17H16N2O/c1-11-6-4-8-14-15(13-7-5-9-18-10-13)12(2)17(20)19(3)16(11)14/h4-10H,1-3H3. The number of fused-ring (bicyclic) bond motifs is 1. The Labute approximate surface area is 117 Å². The summed E-state index contributed by atoms with van der Waals surface area (Å²) in [6, 6.07) is 10.0. The lowest BCUT2D eigenvalue weighted by atomic mass is 9.96. The van der Waals surface area contributed by atoms with E-state index < -0.39 is 0 Å². The van der Waals surface area contributed by atoms with Crippen LogP contribution >= 0.6 is 0 Å². The molecule has 0 atom stereocenters. The molecule has 100 valence electrons. The highest BCUT2D eigenvalue weighted by Crippen LogP contribution is 2.30. The predicted molar refractivity (Wildman–Crippen MR) is 81.9 cm³/mol. The molecule has 20 heavy (non-hydrogen) atoms. The van der Waals surface area contributed by atoms with Gasteiger partial charge in [0.05, 0.1) is 5.52 Å². The molecule has 0 bridgehead atoms. The highest BCUT2D eigenvalue weighted by atomic mass is 16.1. The summed E-state index contributed by atoms with van der Waals surface area (Å²) >= 11 is 0. The lowest BCUT2D eigenvalue weighted by molar-refractivity contribution is 0.890. The third-order valence-corrected chi connectivity index (χ3v) is 3.79. The van der Waals surface area contributed by atoms with Crippen molar-refractivity contribution in [3.63, 3.8) is 0 Å². The molecule has 2 aromatic heterocycles. The van der Waals surface area contributed by atoms with Crippen molar-refractivity contribution in [1.29, 1.82) is 0 Å². The second kappa shape index (κ2) is 4.60. The van der Waals surface area contributed by atoms with Crippen LogP contribution in [0.3, 0.4) is 0 Å². The minimum Gasteiger partial charge on any atom is -0.311 e.